The van der Waals surface area contributed by atoms with Gasteiger partial charge < -0.3 is 16.4 Å². The SMILES string of the molecule is CC(C)(C)NC(=O)CCNc1ccc(C#N)c(N)c1. The summed E-state index contributed by atoms with van der Waals surface area (Å²) in [6.07, 6.45) is 0.386. The summed E-state index contributed by atoms with van der Waals surface area (Å²) in [6.45, 7) is 6.35. The second-order valence-corrected chi connectivity index (χ2v) is 5.39. The van der Waals surface area contributed by atoms with Crippen molar-refractivity contribution in [2.45, 2.75) is 32.7 Å². The highest BCUT2D eigenvalue weighted by Gasteiger charge is 2.12. The van der Waals surface area contributed by atoms with Crippen LogP contribution in [0.5, 0.6) is 0 Å². The van der Waals surface area contributed by atoms with Crippen molar-refractivity contribution >= 4 is 17.3 Å². The zero-order valence-corrected chi connectivity index (χ0v) is 11.6. The van der Waals surface area contributed by atoms with E-state index in [1.165, 1.54) is 0 Å². The van der Waals surface area contributed by atoms with E-state index in [4.69, 9.17) is 11.0 Å². The summed E-state index contributed by atoms with van der Waals surface area (Å²) >= 11 is 0. The Bertz CT molecular complexity index is 497. The molecule has 0 atom stereocenters. The number of nitrogens with zero attached hydrogens (tertiary/aromatic N) is 1. The van der Waals surface area contributed by atoms with Crippen LogP contribution in [0.15, 0.2) is 18.2 Å². The van der Waals surface area contributed by atoms with E-state index in [1.807, 2.05) is 26.8 Å². The minimum absolute atomic E-state index is 0.00150. The van der Waals surface area contributed by atoms with Crippen LogP contribution in [0.25, 0.3) is 0 Å². The predicted molar refractivity (Wildman–Crippen MR) is 76.6 cm³/mol. The third-order valence-corrected chi connectivity index (χ3v) is 2.37. The number of anilines is 2. The van der Waals surface area contributed by atoms with Crippen molar-refractivity contribution in [1.29, 1.82) is 5.26 Å². The molecule has 0 fully saturated rings. The number of amides is 1. The fraction of sp³-hybridized carbons (Fsp3) is 0.429. The Labute approximate surface area is 113 Å². The number of nitrogens with one attached hydrogen (secondary N) is 2. The quantitative estimate of drug-likeness (QED) is 0.721. The molecule has 1 amide bonds. The molecule has 0 aliphatic carbocycles. The average Bonchev–Trinajstić information content (AvgIpc) is 2.26. The zero-order chi connectivity index (χ0) is 14.5. The Morgan fingerprint density at radius 1 is 1.42 bits per heavy atom. The second kappa shape index (κ2) is 6.10. The lowest BCUT2D eigenvalue weighted by Gasteiger charge is -2.20. The number of hydrogen-bond acceptors (Lipinski definition) is 4. The maximum Gasteiger partial charge on any atom is 0.222 e. The first-order valence-corrected chi connectivity index (χ1v) is 6.16. The molecule has 102 valence electrons. The average molecular weight is 260 g/mol. The molecule has 0 aromatic heterocycles. The van der Waals surface area contributed by atoms with Gasteiger partial charge in [-0.2, -0.15) is 5.26 Å². The minimum Gasteiger partial charge on any atom is -0.398 e. The van der Waals surface area contributed by atoms with Gasteiger partial charge in [-0.05, 0) is 39.0 Å². The van der Waals surface area contributed by atoms with Gasteiger partial charge in [0.05, 0.1) is 11.3 Å². The number of carbonyl (C=O) groups is 1. The minimum atomic E-state index is -0.212. The molecular weight excluding hydrogens is 240 g/mol. The Hall–Kier alpha value is -2.22. The smallest absolute Gasteiger partial charge is 0.222 e. The van der Waals surface area contributed by atoms with E-state index in [9.17, 15) is 4.79 Å². The largest absolute Gasteiger partial charge is 0.398 e. The Kier molecular flexibility index (Phi) is 4.76. The summed E-state index contributed by atoms with van der Waals surface area (Å²) in [6, 6.07) is 7.13. The maximum atomic E-state index is 11.6. The molecule has 0 saturated heterocycles. The van der Waals surface area contributed by atoms with Crippen molar-refractivity contribution in [1.82, 2.24) is 5.32 Å². The molecule has 1 aromatic rings. The molecule has 4 N–H and O–H groups in total. The first-order chi connectivity index (χ1) is 8.81. The lowest BCUT2D eigenvalue weighted by Crippen LogP contribution is -2.41. The highest BCUT2D eigenvalue weighted by molar-refractivity contribution is 5.77. The van der Waals surface area contributed by atoms with Crippen LogP contribution < -0.4 is 16.4 Å². The molecule has 0 heterocycles. The lowest BCUT2D eigenvalue weighted by atomic mass is 10.1. The molecule has 0 aliphatic heterocycles. The van der Waals surface area contributed by atoms with Crippen LogP contribution in [0.3, 0.4) is 0 Å². The molecule has 0 unspecified atom stereocenters. The van der Waals surface area contributed by atoms with E-state index >= 15 is 0 Å². The standard InChI is InChI=1S/C14H20N4O/c1-14(2,3)18-13(19)6-7-17-11-5-4-10(9-15)12(16)8-11/h4-5,8,17H,6-7,16H2,1-3H3,(H,18,19). The van der Waals surface area contributed by atoms with E-state index < -0.39 is 0 Å². The summed E-state index contributed by atoms with van der Waals surface area (Å²) in [4.78, 5) is 11.6. The number of hydrogen-bond donors (Lipinski definition) is 3. The monoisotopic (exact) mass is 260 g/mol. The van der Waals surface area contributed by atoms with Gasteiger partial charge in [-0.1, -0.05) is 0 Å². The van der Waals surface area contributed by atoms with Gasteiger partial charge in [-0.15, -0.1) is 0 Å². The predicted octanol–water partition coefficient (Wildman–Crippen LogP) is 1.86. The third-order valence-electron chi connectivity index (χ3n) is 2.37. The van der Waals surface area contributed by atoms with Gasteiger partial charge in [0.15, 0.2) is 0 Å². The second-order valence-electron chi connectivity index (χ2n) is 5.39. The molecule has 5 nitrogen and oxygen atoms in total. The topological polar surface area (TPSA) is 90.9 Å². The van der Waals surface area contributed by atoms with Crippen LogP contribution in [0.1, 0.15) is 32.8 Å². The summed E-state index contributed by atoms with van der Waals surface area (Å²) in [7, 11) is 0. The van der Waals surface area contributed by atoms with Crippen LogP contribution >= 0.6 is 0 Å². The van der Waals surface area contributed by atoms with Crippen molar-refractivity contribution in [2.75, 3.05) is 17.6 Å². The molecule has 19 heavy (non-hydrogen) atoms. The van der Waals surface area contributed by atoms with Crippen molar-refractivity contribution in [3.63, 3.8) is 0 Å². The van der Waals surface area contributed by atoms with E-state index in [2.05, 4.69) is 10.6 Å². The van der Waals surface area contributed by atoms with Crippen LogP contribution in [-0.4, -0.2) is 18.0 Å². The van der Waals surface area contributed by atoms with Crippen molar-refractivity contribution in [2.24, 2.45) is 0 Å². The van der Waals surface area contributed by atoms with Gasteiger partial charge in [-0.3, -0.25) is 4.79 Å². The Morgan fingerprint density at radius 3 is 2.63 bits per heavy atom. The highest BCUT2D eigenvalue weighted by atomic mass is 16.1. The van der Waals surface area contributed by atoms with Crippen molar-refractivity contribution < 1.29 is 4.79 Å². The van der Waals surface area contributed by atoms with Crippen LogP contribution in [-0.2, 0) is 4.79 Å². The summed E-state index contributed by atoms with van der Waals surface area (Å²) < 4.78 is 0. The normalized spacial score (nSPS) is 10.6. The van der Waals surface area contributed by atoms with Gasteiger partial charge in [0.2, 0.25) is 5.91 Å². The van der Waals surface area contributed by atoms with Crippen LogP contribution in [0, 0.1) is 11.3 Å². The van der Waals surface area contributed by atoms with Gasteiger partial charge in [0.1, 0.15) is 6.07 Å². The number of nitrogens with two attached hydrogens (primary N) is 1. The fourth-order valence-electron chi connectivity index (χ4n) is 1.58. The number of nitriles is 1. The highest BCUT2D eigenvalue weighted by Crippen LogP contribution is 2.16. The van der Waals surface area contributed by atoms with E-state index in [0.29, 0.717) is 24.2 Å². The Balaban J connectivity index is 2.44. The zero-order valence-electron chi connectivity index (χ0n) is 11.6. The van der Waals surface area contributed by atoms with E-state index in [-0.39, 0.29) is 11.4 Å². The first-order valence-electron chi connectivity index (χ1n) is 6.16. The number of nitrogen functional groups attached to an aromatic ring is 1. The molecule has 1 rings (SSSR count). The van der Waals surface area contributed by atoms with Gasteiger partial charge in [0.25, 0.3) is 0 Å². The van der Waals surface area contributed by atoms with Gasteiger partial charge in [0, 0.05) is 24.2 Å². The molecular formula is C14H20N4O. The first kappa shape index (κ1) is 14.8. The van der Waals surface area contributed by atoms with Gasteiger partial charge in [-0.25, -0.2) is 0 Å². The molecule has 0 radical (unpaired) electrons. The molecule has 1 aromatic carbocycles. The van der Waals surface area contributed by atoms with Crippen molar-refractivity contribution in [3.05, 3.63) is 23.8 Å². The fourth-order valence-corrected chi connectivity index (χ4v) is 1.58. The maximum absolute atomic E-state index is 11.6. The molecule has 0 aliphatic rings. The van der Waals surface area contributed by atoms with E-state index in [1.54, 1.807) is 18.2 Å². The summed E-state index contributed by atoms with van der Waals surface area (Å²) in [5.41, 5.74) is 7.19. The number of benzene rings is 1. The summed E-state index contributed by atoms with van der Waals surface area (Å²) in [5, 5.41) is 14.8. The molecule has 5 heteroatoms. The Morgan fingerprint density at radius 2 is 2.11 bits per heavy atom. The van der Waals surface area contributed by atoms with Crippen molar-refractivity contribution in [3.8, 4) is 6.07 Å². The van der Waals surface area contributed by atoms with Crippen LogP contribution in [0.4, 0.5) is 11.4 Å². The summed E-state index contributed by atoms with van der Waals surface area (Å²) in [5.74, 6) is 0.00150. The van der Waals surface area contributed by atoms with Crippen LogP contribution in [0.2, 0.25) is 0 Å². The molecule has 0 bridgehead atoms. The molecule has 0 spiro atoms. The van der Waals surface area contributed by atoms with E-state index in [0.717, 1.165) is 5.69 Å². The third kappa shape index (κ3) is 5.30. The lowest BCUT2D eigenvalue weighted by molar-refractivity contribution is -0.122. The number of carbonyl (C=O) groups excluding carboxylic acids is 1. The van der Waals surface area contributed by atoms with Gasteiger partial charge >= 0.3 is 0 Å². The number of rotatable bonds is 4. The molecule has 0 saturated carbocycles.